The molecule has 0 spiro atoms. The third-order valence-electron chi connectivity index (χ3n) is 3.47. The van der Waals surface area contributed by atoms with Crippen molar-refractivity contribution in [2.75, 3.05) is 5.32 Å². The molecule has 1 aliphatic rings. The van der Waals surface area contributed by atoms with Gasteiger partial charge in [0.05, 0.1) is 5.56 Å². The van der Waals surface area contributed by atoms with Crippen molar-refractivity contribution in [3.8, 4) is 0 Å². The van der Waals surface area contributed by atoms with Crippen LogP contribution >= 0.6 is 0 Å². The Kier molecular flexibility index (Phi) is 3.44. The molecule has 4 nitrogen and oxygen atoms in total. The molecule has 0 unspecified atom stereocenters. The van der Waals surface area contributed by atoms with Crippen LogP contribution in [0.3, 0.4) is 0 Å². The number of anilines is 1. The van der Waals surface area contributed by atoms with Gasteiger partial charge in [-0.1, -0.05) is 30.3 Å². The van der Waals surface area contributed by atoms with Crippen molar-refractivity contribution >= 4 is 17.6 Å². The van der Waals surface area contributed by atoms with Crippen LogP contribution in [0.25, 0.3) is 0 Å². The van der Waals surface area contributed by atoms with Gasteiger partial charge in [0.2, 0.25) is 0 Å². The summed E-state index contributed by atoms with van der Waals surface area (Å²) in [4.78, 5) is 24.2. The van der Waals surface area contributed by atoms with Crippen LogP contribution in [0.1, 0.15) is 21.5 Å². The topological polar surface area (TPSA) is 55.4 Å². The van der Waals surface area contributed by atoms with Crippen molar-refractivity contribution in [1.29, 1.82) is 0 Å². The summed E-state index contributed by atoms with van der Waals surface area (Å²) in [5.41, 5.74) is 3.14. The van der Waals surface area contributed by atoms with Crippen LogP contribution in [0, 0.1) is 6.92 Å². The lowest BCUT2D eigenvalue weighted by atomic mass is 9.98. The number of carbonyl (C=O) groups is 2. The maximum absolute atomic E-state index is 12.2. The minimum atomic E-state index is -0.784. The fraction of sp³-hybridized carbons (Fsp3) is 0.176. The van der Waals surface area contributed by atoms with Gasteiger partial charge in [-0.3, -0.25) is 4.79 Å². The van der Waals surface area contributed by atoms with E-state index in [9.17, 15) is 9.59 Å². The number of hydrogen-bond acceptors (Lipinski definition) is 3. The largest absolute Gasteiger partial charge is 0.448 e. The average Bonchev–Trinajstić information content (AvgIpc) is 2.47. The van der Waals surface area contributed by atoms with Gasteiger partial charge in [-0.25, -0.2) is 4.79 Å². The molecule has 0 aliphatic carbocycles. The van der Waals surface area contributed by atoms with Crippen LogP contribution < -0.4 is 5.32 Å². The number of ether oxygens (including phenoxy) is 1. The number of cyclic esters (lactones) is 1. The monoisotopic (exact) mass is 281 g/mol. The Morgan fingerprint density at radius 3 is 2.81 bits per heavy atom. The van der Waals surface area contributed by atoms with E-state index >= 15 is 0 Å². The quantitative estimate of drug-likeness (QED) is 0.861. The first-order valence-corrected chi connectivity index (χ1v) is 6.80. The van der Waals surface area contributed by atoms with E-state index in [1.165, 1.54) is 0 Å². The van der Waals surface area contributed by atoms with Crippen molar-refractivity contribution in [1.82, 2.24) is 0 Å². The summed E-state index contributed by atoms with van der Waals surface area (Å²) in [5, 5.41) is 2.79. The van der Waals surface area contributed by atoms with Crippen LogP contribution in [0.2, 0.25) is 0 Å². The van der Waals surface area contributed by atoms with E-state index in [4.69, 9.17) is 4.74 Å². The van der Waals surface area contributed by atoms with E-state index in [0.717, 1.165) is 11.1 Å². The highest BCUT2D eigenvalue weighted by Gasteiger charge is 2.30. The summed E-state index contributed by atoms with van der Waals surface area (Å²) in [7, 11) is 0. The highest BCUT2D eigenvalue weighted by Crippen LogP contribution is 2.21. The van der Waals surface area contributed by atoms with Crippen molar-refractivity contribution in [2.24, 2.45) is 0 Å². The van der Waals surface area contributed by atoms with Gasteiger partial charge in [-0.05, 0) is 36.2 Å². The van der Waals surface area contributed by atoms with Gasteiger partial charge in [-0.2, -0.15) is 0 Å². The Labute approximate surface area is 122 Å². The lowest BCUT2D eigenvalue weighted by Crippen LogP contribution is -2.37. The number of rotatable bonds is 2. The molecule has 1 atom stereocenters. The Bertz CT molecular complexity index is 709. The molecule has 21 heavy (non-hydrogen) atoms. The molecule has 1 heterocycles. The smallest absolute Gasteiger partial charge is 0.339 e. The van der Waals surface area contributed by atoms with Gasteiger partial charge in [0.1, 0.15) is 0 Å². The Morgan fingerprint density at radius 2 is 2.00 bits per heavy atom. The molecular weight excluding hydrogens is 266 g/mol. The molecule has 0 saturated carbocycles. The van der Waals surface area contributed by atoms with E-state index in [-0.39, 0.29) is 5.91 Å². The predicted octanol–water partition coefficient (Wildman–Crippen LogP) is 2.72. The van der Waals surface area contributed by atoms with Crippen LogP contribution in [-0.4, -0.2) is 18.0 Å². The number of nitrogens with one attached hydrogen (secondary N) is 1. The number of fused-ring (bicyclic) bond motifs is 1. The first-order valence-electron chi connectivity index (χ1n) is 6.80. The van der Waals surface area contributed by atoms with Gasteiger partial charge in [0.15, 0.2) is 6.10 Å². The highest BCUT2D eigenvalue weighted by molar-refractivity contribution is 6.00. The molecule has 4 heteroatoms. The first-order chi connectivity index (χ1) is 10.1. The molecule has 0 radical (unpaired) electrons. The van der Waals surface area contributed by atoms with Crippen LogP contribution in [0.5, 0.6) is 0 Å². The average molecular weight is 281 g/mol. The van der Waals surface area contributed by atoms with Crippen molar-refractivity contribution in [2.45, 2.75) is 19.4 Å². The number of benzene rings is 2. The second-order valence-corrected chi connectivity index (χ2v) is 5.11. The third kappa shape index (κ3) is 2.79. The predicted molar refractivity (Wildman–Crippen MR) is 79.2 cm³/mol. The lowest BCUT2D eigenvalue weighted by molar-refractivity contribution is -0.125. The molecule has 1 amide bonds. The summed E-state index contributed by atoms with van der Waals surface area (Å²) in [5.74, 6) is -0.746. The van der Waals surface area contributed by atoms with Crippen molar-refractivity contribution in [3.63, 3.8) is 0 Å². The maximum Gasteiger partial charge on any atom is 0.339 e. The Morgan fingerprint density at radius 1 is 1.19 bits per heavy atom. The normalized spacial score (nSPS) is 16.8. The van der Waals surface area contributed by atoms with Crippen molar-refractivity contribution < 1.29 is 14.3 Å². The summed E-state index contributed by atoms with van der Waals surface area (Å²) in [6, 6.07) is 14.7. The van der Waals surface area contributed by atoms with Crippen LogP contribution in [0.15, 0.2) is 48.5 Å². The van der Waals surface area contributed by atoms with Gasteiger partial charge >= 0.3 is 5.97 Å². The summed E-state index contributed by atoms with van der Waals surface area (Å²) in [6.45, 7) is 1.95. The molecule has 1 aliphatic heterocycles. The molecule has 106 valence electrons. The minimum Gasteiger partial charge on any atom is -0.448 e. The molecule has 0 saturated heterocycles. The van der Waals surface area contributed by atoms with E-state index in [1.54, 1.807) is 12.1 Å². The molecule has 1 N–H and O–H groups in total. The molecule has 2 aromatic carbocycles. The van der Waals surface area contributed by atoms with Gasteiger partial charge < -0.3 is 10.1 Å². The fourth-order valence-electron chi connectivity index (χ4n) is 2.42. The third-order valence-corrected chi connectivity index (χ3v) is 3.47. The SMILES string of the molecule is Cc1cccc(NC(=O)[C@@H]2Cc3ccccc3C(=O)O2)c1. The van der Waals surface area contributed by atoms with Gasteiger partial charge in [-0.15, -0.1) is 0 Å². The van der Waals surface area contributed by atoms with Gasteiger partial charge in [0.25, 0.3) is 5.91 Å². The zero-order valence-electron chi connectivity index (χ0n) is 11.6. The molecule has 3 rings (SSSR count). The maximum atomic E-state index is 12.2. The summed E-state index contributed by atoms with van der Waals surface area (Å²) in [6.07, 6.45) is -0.382. The zero-order chi connectivity index (χ0) is 14.8. The molecule has 0 fully saturated rings. The number of aryl methyl sites for hydroxylation is 1. The highest BCUT2D eigenvalue weighted by atomic mass is 16.5. The van der Waals surface area contributed by atoms with Crippen molar-refractivity contribution in [3.05, 3.63) is 65.2 Å². The summed E-state index contributed by atoms with van der Waals surface area (Å²) < 4.78 is 5.23. The van der Waals surface area contributed by atoms with Gasteiger partial charge in [0, 0.05) is 12.1 Å². The molecule has 0 bridgehead atoms. The van der Waals surface area contributed by atoms with E-state index in [2.05, 4.69) is 5.32 Å². The minimum absolute atomic E-state index is 0.302. The standard InChI is InChI=1S/C17H15NO3/c1-11-5-4-7-13(9-11)18-16(19)15-10-12-6-2-3-8-14(12)17(20)21-15/h2-9,15H,10H2,1H3,(H,18,19)/t15-/m0/s1. The Balaban J connectivity index is 1.76. The number of amides is 1. The van der Waals surface area contributed by atoms with Crippen LogP contribution in [0.4, 0.5) is 5.69 Å². The summed E-state index contributed by atoms with van der Waals surface area (Å²) >= 11 is 0. The number of carbonyl (C=O) groups excluding carboxylic acids is 2. The molecule has 2 aromatic rings. The second-order valence-electron chi connectivity index (χ2n) is 5.11. The first kappa shape index (κ1) is 13.4. The van der Waals surface area contributed by atoms with E-state index in [1.807, 2.05) is 43.3 Å². The van der Waals surface area contributed by atoms with E-state index < -0.39 is 12.1 Å². The van der Waals surface area contributed by atoms with Crippen LogP contribution in [-0.2, 0) is 16.0 Å². The fourth-order valence-corrected chi connectivity index (χ4v) is 2.42. The second kappa shape index (κ2) is 5.40. The lowest BCUT2D eigenvalue weighted by Gasteiger charge is -2.23. The Hall–Kier alpha value is -2.62. The number of hydrogen-bond donors (Lipinski definition) is 1. The number of esters is 1. The zero-order valence-corrected chi connectivity index (χ0v) is 11.6. The molecule has 0 aromatic heterocycles. The van der Waals surface area contributed by atoms with E-state index in [0.29, 0.717) is 17.7 Å². The molecular formula is C17H15NO3.